The minimum atomic E-state index is -0.435. The van der Waals surface area contributed by atoms with Gasteiger partial charge < -0.3 is 4.90 Å². The normalized spacial score (nSPS) is 10.5. The van der Waals surface area contributed by atoms with Crippen LogP contribution >= 0.6 is 27.3 Å². The maximum absolute atomic E-state index is 11.0. The first-order valence-corrected chi connectivity index (χ1v) is 7.06. The van der Waals surface area contributed by atoms with Gasteiger partial charge in [0.25, 0.3) is 0 Å². The molecule has 8 heteroatoms. The van der Waals surface area contributed by atoms with E-state index in [1.807, 2.05) is 12.3 Å². The minimum absolute atomic E-state index is 0.0242. The van der Waals surface area contributed by atoms with Crippen LogP contribution in [0, 0.1) is 17.0 Å². The predicted octanol–water partition coefficient (Wildman–Crippen LogP) is 3.15. The van der Waals surface area contributed by atoms with Crippen LogP contribution in [0.2, 0.25) is 0 Å². The standard InChI is InChI=1S/C11H11BrN4O2S/c1-7-14-9(6-19-7)5-15(2)11-10(16(17)18)3-8(12)4-13-11/h3-4,6H,5H2,1-2H3. The number of hydrogen-bond donors (Lipinski definition) is 0. The van der Waals surface area contributed by atoms with Crippen LogP contribution in [0.5, 0.6) is 0 Å². The molecule has 0 spiro atoms. The Morgan fingerprint density at radius 1 is 1.58 bits per heavy atom. The lowest BCUT2D eigenvalue weighted by molar-refractivity contribution is -0.384. The Morgan fingerprint density at radius 3 is 2.89 bits per heavy atom. The summed E-state index contributed by atoms with van der Waals surface area (Å²) in [6.45, 7) is 2.41. The number of aromatic nitrogens is 2. The summed E-state index contributed by atoms with van der Waals surface area (Å²) in [6, 6.07) is 1.45. The molecule has 19 heavy (non-hydrogen) atoms. The first-order valence-electron chi connectivity index (χ1n) is 5.39. The van der Waals surface area contributed by atoms with Gasteiger partial charge in [-0.3, -0.25) is 10.1 Å². The van der Waals surface area contributed by atoms with E-state index in [9.17, 15) is 10.1 Å². The van der Waals surface area contributed by atoms with Gasteiger partial charge in [-0.05, 0) is 22.9 Å². The molecule has 0 aliphatic rings. The summed E-state index contributed by atoms with van der Waals surface area (Å²) in [5, 5.41) is 14.0. The lowest BCUT2D eigenvalue weighted by Gasteiger charge is -2.16. The van der Waals surface area contributed by atoms with E-state index in [1.165, 1.54) is 6.07 Å². The molecule has 0 unspecified atom stereocenters. The molecule has 6 nitrogen and oxygen atoms in total. The van der Waals surface area contributed by atoms with Crippen molar-refractivity contribution in [2.45, 2.75) is 13.5 Å². The van der Waals surface area contributed by atoms with Gasteiger partial charge in [-0.25, -0.2) is 9.97 Å². The van der Waals surface area contributed by atoms with Crippen molar-refractivity contribution in [2.75, 3.05) is 11.9 Å². The van der Waals surface area contributed by atoms with E-state index in [0.29, 0.717) is 16.8 Å². The molecule has 0 atom stereocenters. The molecule has 2 aromatic heterocycles. The van der Waals surface area contributed by atoms with E-state index < -0.39 is 4.92 Å². The molecule has 0 N–H and O–H groups in total. The number of nitro groups is 1. The van der Waals surface area contributed by atoms with Crippen LogP contribution in [-0.2, 0) is 6.54 Å². The number of hydrogen-bond acceptors (Lipinski definition) is 6. The topological polar surface area (TPSA) is 72.2 Å². The molecule has 2 aromatic rings. The van der Waals surface area contributed by atoms with Crippen LogP contribution in [-0.4, -0.2) is 21.9 Å². The van der Waals surface area contributed by atoms with Gasteiger partial charge in [-0.2, -0.15) is 0 Å². The summed E-state index contributed by atoms with van der Waals surface area (Å²) in [6.07, 6.45) is 1.55. The van der Waals surface area contributed by atoms with Crippen molar-refractivity contribution in [3.63, 3.8) is 0 Å². The molecule has 0 amide bonds. The van der Waals surface area contributed by atoms with Crippen LogP contribution in [0.3, 0.4) is 0 Å². The molecular formula is C11H11BrN4O2S. The second kappa shape index (κ2) is 5.62. The van der Waals surface area contributed by atoms with E-state index in [1.54, 1.807) is 29.5 Å². The van der Waals surface area contributed by atoms with Gasteiger partial charge in [0, 0.05) is 29.2 Å². The van der Waals surface area contributed by atoms with Crippen LogP contribution in [0.4, 0.5) is 11.5 Å². The quantitative estimate of drug-likeness (QED) is 0.630. The molecule has 0 fully saturated rings. The van der Waals surface area contributed by atoms with Gasteiger partial charge in [0.15, 0.2) is 0 Å². The molecule has 0 bridgehead atoms. The highest BCUT2D eigenvalue weighted by molar-refractivity contribution is 9.10. The minimum Gasteiger partial charge on any atom is -0.348 e. The van der Waals surface area contributed by atoms with Gasteiger partial charge in [-0.1, -0.05) is 0 Å². The number of anilines is 1. The fraction of sp³-hybridized carbons (Fsp3) is 0.273. The Kier molecular flexibility index (Phi) is 4.11. The smallest absolute Gasteiger partial charge is 0.312 e. The average molecular weight is 343 g/mol. The number of thiazole rings is 1. The summed E-state index contributed by atoms with van der Waals surface area (Å²) in [7, 11) is 1.76. The maximum atomic E-state index is 11.0. The molecule has 0 radical (unpaired) electrons. The summed E-state index contributed by atoms with van der Waals surface area (Å²) in [5.41, 5.74) is 0.854. The van der Waals surface area contributed by atoms with Crippen LogP contribution in [0.15, 0.2) is 22.1 Å². The zero-order valence-corrected chi connectivity index (χ0v) is 12.7. The Morgan fingerprint density at radius 2 is 2.32 bits per heavy atom. The van der Waals surface area contributed by atoms with E-state index in [2.05, 4.69) is 25.9 Å². The van der Waals surface area contributed by atoms with E-state index >= 15 is 0 Å². The third kappa shape index (κ3) is 3.27. The molecule has 2 heterocycles. The van der Waals surface area contributed by atoms with Crippen LogP contribution < -0.4 is 4.90 Å². The Labute approximate surface area is 122 Å². The third-order valence-electron chi connectivity index (χ3n) is 2.44. The Bertz CT molecular complexity index is 616. The van der Waals surface area contributed by atoms with Crippen LogP contribution in [0.25, 0.3) is 0 Å². The third-order valence-corrected chi connectivity index (χ3v) is 3.69. The summed E-state index contributed by atoms with van der Waals surface area (Å²) >= 11 is 4.74. The van der Waals surface area contributed by atoms with Crippen molar-refractivity contribution in [3.05, 3.63) is 42.9 Å². The maximum Gasteiger partial charge on any atom is 0.312 e. The number of nitrogens with zero attached hydrogens (tertiary/aromatic N) is 4. The van der Waals surface area contributed by atoms with Crippen LogP contribution in [0.1, 0.15) is 10.7 Å². The summed E-state index contributed by atoms with van der Waals surface area (Å²) < 4.78 is 0.584. The van der Waals surface area contributed by atoms with Gasteiger partial charge in [-0.15, -0.1) is 11.3 Å². The van der Waals surface area contributed by atoms with Gasteiger partial charge in [0.05, 0.1) is 22.2 Å². The largest absolute Gasteiger partial charge is 0.348 e. The summed E-state index contributed by atoms with van der Waals surface area (Å²) in [4.78, 5) is 20.8. The molecule has 100 valence electrons. The SMILES string of the molecule is Cc1nc(CN(C)c2ncc(Br)cc2[N+](=O)[O-])cs1. The molecular weight excluding hydrogens is 332 g/mol. The van der Waals surface area contributed by atoms with E-state index in [-0.39, 0.29) is 5.69 Å². The monoisotopic (exact) mass is 342 g/mol. The van der Waals surface area contributed by atoms with Gasteiger partial charge >= 0.3 is 5.69 Å². The first-order chi connectivity index (χ1) is 8.97. The van der Waals surface area contributed by atoms with Gasteiger partial charge in [0.2, 0.25) is 5.82 Å². The van der Waals surface area contributed by atoms with Crippen molar-refractivity contribution in [3.8, 4) is 0 Å². The molecule has 2 rings (SSSR count). The van der Waals surface area contributed by atoms with Gasteiger partial charge in [0.1, 0.15) is 0 Å². The van der Waals surface area contributed by atoms with Crippen molar-refractivity contribution < 1.29 is 4.92 Å². The lowest BCUT2D eigenvalue weighted by Crippen LogP contribution is -2.19. The average Bonchev–Trinajstić information content (AvgIpc) is 2.74. The molecule has 0 saturated carbocycles. The molecule has 0 aliphatic carbocycles. The highest BCUT2D eigenvalue weighted by atomic mass is 79.9. The second-order valence-electron chi connectivity index (χ2n) is 3.97. The zero-order chi connectivity index (χ0) is 14.0. The van der Waals surface area contributed by atoms with Crippen molar-refractivity contribution in [1.82, 2.24) is 9.97 Å². The predicted molar refractivity (Wildman–Crippen MR) is 77.5 cm³/mol. The highest BCUT2D eigenvalue weighted by Crippen LogP contribution is 2.28. The Balaban J connectivity index is 2.28. The van der Waals surface area contributed by atoms with Crippen molar-refractivity contribution >= 4 is 38.8 Å². The van der Waals surface area contributed by atoms with Crippen molar-refractivity contribution in [2.24, 2.45) is 0 Å². The first kappa shape index (κ1) is 13.9. The number of rotatable bonds is 4. The number of halogens is 1. The molecule has 0 aliphatic heterocycles. The fourth-order valence-electron chi connectivity index (χ4n) is 1.65. The van der Waals surface area contributed by atoms with E-state index in [0.717, 1.165) is 10.7 Å². The second-order valence-corrected chi connectivity index (χ2v) is 5.95. The number of aryl methyl sites for hydroxylation is 1. The zero-order valence-electron chi connectivity index (χ0n) is 10.3. The fourth-order valence-corrected chi connectivity index (χ4v) is 2.57. The molecule has 0 aromatic carbocycles. The highest BCUT2D eigenvalue weighted by Gasteiger charge is 2.20. The Hall–Kier alpha value is -1.54. The van der Waals surface area contributed by atoms with E-state index in [4.69, 9.17) is 0 Å². The van der Waals surface area contributed by atoms with Crippen molar-refractivity contribution in [1.29, 1.82) is 0 Å². The molecule has 0 saturated heterocycles. The lowest BCUT2D eigenvalue weighted by atomic mass is 10.3. The number of pyridine rings is 1. The summed E-state index contributed by atoms with van der Waals surface area (Å²) in [5.74, 6) is 0.332.